The van der Waals surface area contributed by atoms with Gasteiger partial charge in [0, 0.05) is 141 Å². The van der Waals surface area contributed by atoms with Crippen LogP contribution in [0.1, 0.15) is 84.9 Å². The Kier molecular flexibility index (Phi) is 31.7. The van der Waals surface area contributed by atoms with Crippen LogP contribution in [0.3, 0.4) is 0 Å². The number of carbonyl (C=O) groups is 6. The van der Waals surface area contributed by atoms with Gasteiger partial charge in [0.2, 0.25) is 16.8 Å². The lowest BCUT2D eigenvalue weighted by atomic mass is 9.95. The number of fused-ring (bicyclic) bond motifs is 3. The maximum atomic E-state index is 14.5. The minimum atomic E-state index is -2.61. The number of thiazole rings is 2. The van der Waals surface area contributed by atoms with Crippen LogP contribution in [-0.2, 0) is 28.6 Å². The second kappa shape index (κ2) is 41.6. The molecule has 3 N–H and O–H groups in total. The number of hydrogen-bond donors (Lipinski definition) is 3. The Labute approximate surface area is 715 Å². The number of carbonyl (C=O) groups excluding carboxylic acids is 6. The lowest BCUT2D eigenvalue weighted by Gasteiger charge is -2.38. The van der Waals surface area contributed by atoms with Crippen molar-refractivity contribution in [1.82, 2.24) is 65.1 Å². The molecule has 2 aromatic heterocycles. The number of nitrogens with one attached hydrogen (secondary N) is 3. The predicted octanol–water partition coefficient (Wildman–Crippen LogP) is 13.2. The quantitative estimate of drug-likeness (QED) is 0.0180. The Morgan fingerprint density at radius 2 is 0.908 bits per heavy atom. The fourth-order valence-corrected chi connectivity index (χ4v) is 17.8. The summed E-state index contributed by atoms with van der Waals surface area (Å²) in [4.78, 5) is 115. The zero-order valence-electron chi connectivity index (χ0n) is 64.4. The summed E-state index contributed by atoms with van der Waals surface area (Å²) in [6, 6.07) is 9.06. The number of aromatic nitrogens is 2. The summed E-state index contributed by atoms with van der Waals surface area (Å²) >= 11 is 26.2. The molecule has 0 aliphatic carbocycles. The zero-order valence-corrected chi connectivity index (χ0v) is 70.7. The maximum Gasteiger partial charge on any atom is 0.338 e. The van der Waals surface area contributed by atoms with Crippen LogP contribution in [0.25, 0.3) is 0 Å². The molecule has 3 aromatic carbocycles. The number of thioether (sulfide) groups is 1. The van der Waals surface area contributed by atoms with Gasteiger partial charge in [-0.2, -0.15) is 4.99 Å². The fourth-order valence-electron chi connectivity index (χ4n) is 15.0. The van der Waals surface area contributed by atoms with E-state index in [1.807, 2.05) is 15.2 Å². The van der Waals surface area contributed by atoms with E-state index in [1.165, 1.54) is 91.7 Å². The van der Waals surface area contributed by atoms with Crippen LogP contribution >= 0.6 is 85.2 Å². The molecule has 1 unspecified atom stereocenters. The van der Waals surface area contributed by atoms with Crippen molar-refractivity contribution in [2.45, 2.75) is 95.6 Å². The third-order valence-corrected chi connectivity index (χ3v) is 24.2. The highest BCUT2D eigenvalue weighted by molar-refractivity contribution is 9.09. The van der Waals surface area contributed by atoms with Crippen molar-refractivity contribution in [2.75, 3.05) is 123 Å². The second-order valence-corrected chi connectivity index (χ2v) is 31.9. The number of nitrogens with zero attached hydrogens (tertiary/aromatic N) is 14. The molecule has 15 rings (SSSR count). The van der Waals surface area contributed by atoms with E-state index in [2.05, 4.69) is 57.2 Å². The SMILES string of the molecule is CCOC(=O)C1=C(CBr)NC(c2nccs2)=N[C@H]1c1cccc(F)c1Cl.CCOC(=O)C1=C(CN2CCN3C(=O)N(CC(F)F)C[C@@H]3C2)NC(c2nccs2)=N[C@H]1c1cccc(F)c1Cl.CCOC(=O)C1=C(CN2CCN3C(=O)N(CC(F)F)C[C@H]3C2)NC(C2=NC=[C+]S2)=N[C@H]1c1cccc(F)c1Cl.O=C1N(CC(F)F)CC2CCCCN12.[CH3-]. The molecule has 26 nitrogen and oxygen atoms in total. The number of amides is 6. The van der Waals surface area contributed by atoms with Crippen molar-refractivity contribution in [1.29, 1.82) is 0 Å². The number of rotatable bonds is 23. The van der Waals surface area contributed by atoms with E-state index in [0.29, 0.717) is 117 Å². The van der Waals surface area contributed by atoms with Gasteiger partial charge in [0.05, 0.1) is 89.4 Å². The molecule has 6 fully saturated rings. The molecule has 0 radical (unpaired) electrons. The normalized spacial score (nSPS) is 21.6. The Hall–Kier alpha value is -8.92. The Balaban J connectivity index is 0.000000163. The molecular formula is C77H82BrCl3F9N17O9S3. The second-order valence-electron chi connectivity index (χ2n) is 27.6. The van der Waals surface area contributed by atoms with Crippen LogP contribution in [0.4, 0.5) is 53.9 Å². The first-order valence-corrected chi connectivity index (χ1v) is 42.3. The standard InChI is InChI=1S/C25H26ClF3N6O3S.C25H24ClF3N6O3S.C17H14BrClFN3O2S.C9H14F2N2O.CH3/c2*1-2-38-24(36)19-17(12-33-7-8-35-14(10-33)11-34(25(35)37)13-18(28)29)31-22(23-30-6-9-39-23)32-21(19)15-4-3-5-16(27)20(15)26;1-2-25-17(24)12-11(8-18)22-15(16-21-6-7-26-16)23-14(12)9-4-3-5-10(20)13(9)19;10-8(11)6-12-5-7-3-1-2-4-13(7)9(12)14;/h3-6,9,14,18,21H,2,7-8,10-13H2,1H3,(H,31,32);3-6,14,18,21H,2,7-8,10-13H2,1H3;3-7,14H,2,8H2,1H3,(H,22,23);7-8H,1-6H2;1H3/q;;;;-1/p+1/t14-,21-;14-,21+;14-;;/m010../s1. The third-order valence-electron chi connectivity index (χ3n) is 20.1. The van der Waals surface area contributed by atoms with Crippen molar-refractivity contribution in [2.24, 2.45) is 20.0 Å². The largest absolute Gasteiger partial charge is 0.463 e. The molecule has 42 heteroatoms. The number of amidine groups is 3. The first-order valence-electron chi connectivity index (χ1n) is 37.5. The Morgan fingerprint density at radius 3 is 1.27 bits per heavy atom. The molecule has 12 heterocycles. The first-order chi connectivity index (χ1) is 56.8. The van der Waals surface area contributed by atoms with Crippen molar-refractivity contribution in [3.8, 4) is 0 Å². The molecule has 6 saturated heterocycles. The van der Waals surface area contributed by atoms with Gasteiger partial charge in [0.1, 0.15) is 35.6 Å². The molecule has 6 atom stereocenters. The molecule has 0 spiro atoms. The molecule has 0 bridgehead atoms. The molecule has 6 amide bonds. The van der Waals surface area contributed by atoms with Crippen molar-refractivity contribution in [3.63, 3.8) is 0 Å². The maximum absolute atomic E-state index is 14.5. The molecule has 10 aliphatic rings. The molecule has 10 aliphatic heterocycles. The summed E-state index contributed by atoms with van der Waals surface area (Å²) in [7, 11) is 0. The summed E-state index contributed by atoms with van der Waals surface area (Å²) in [5.41, 5.74) is 3.19. The van der Waals surface area contributed by atoms with E-state index in [9.17, 15) is 68.3 Å². The number of piperidine rings is 1. The number of halogens is 13. The lowest BCUT2D eigenvalue weighted by Crippen LogP contribution is -2.53. The lowest BCUT2D eigenvalue weighted by molar-refractivity contribution is -0.139. The number of allylic oxidation sites excluding steroid dienone is 1. The summed E-state index contributed by atoms with van der Waals surface area (Å²) in [6.07, 6.45) is 0.230. The summed E-state index contributed by atoms with van der Waals surface area (Å²) in [5.74, 6) is -2.37. The van der Waals surface area contributed by atoms with Crippen LogP contribution in [0, 0.1) is 30.3 Å². The van der Waals surface area contributed by atoms with Crippen molar-refractivity contribution >= 4 is 144 Å². The van der Waals surface area contributed by atoms with Crippen molar-refractivity contribution in [3.05, 3.63) is 190 Å². The first kappa shape index (κ1) is 90.8. The number of hydrogen-bond acceptors (Lipinski definition) is 23. The Bertz CT molecular complexity index is 4810. The number of piperazine rings is 2. The number of urea groups is 3. The minimum Gasteiger partial charge on any atom is -0.463 e. The third kappa shape index (κ3) is 21.3. The topological polar surface area (TPSA) is 267 Å². The monoisotopic (exact) mass is 1840 g/mol. The predicted molar refractivity (Wildman–Crippen MR) is 438 cm³/mol. The van der Waals surface area contributed by atoms with Gasteiger partial charge in [0.25, 0.3) is 25.5 Å². The smallest absolute Gasteiger partial charge is 0.338 e. The average Bonchev–Trinajstić information content (AvgIpc) is 0.968. The molecular weight excluding hydrogens is 1760 g/mol. The number of esters is 3. The van der Waals surface area contributed by atoms with E-state index in [1.54, 1.807) is 71.4 Å². The highest BCUT2D eigenvalue weighted by Crippen LogP contribution is 2.42. The van der Waals surface area contributed by atoms with E-state index >= 15 is 0 Å². The van der Waals surface area contributed by atoms with Crippen LogP contribution in [0.2, 0.25) is 15.1 Å². The summed E-state index contributed by atoms with van der Waals surface area (Å²) < 4.78 is 135. The number of benzene rings is 3. The van der Waals surface area contributed by atoms with Gasteiger partial charge in [-0.3, -0.25) is 24.8 Å². The fraction of sp³-hybridized carbons (Fsp3) is 0.442. The van der Waals surface area contributed by atoms with Gasteiger partial charge in [-0.25, -0.2) is 78.2 Å². The molecule has 0 saturated carbocycles. The van der Waals surface area contributed by atoms with Crippen LogP contribution < -0.4 is 16.0 Å². The molecule has 5 aromatic rings. The van der Waals surface area contributed by atoms with E-state index in [-0.39, 0.29) is 115 Å². The van der Waals surface area contributed by atoms with Gasteiger partial charge >= 0.3 is 41.4 Å². The van der Waals surface area contributed by atoms with Crippen LogP contribution in [0.5, 0.6) is 0 Å². The van der Waals surface area contributed by atoms with E-state index < -0.39 is 98.4 Å². The average molecular weight is 1840 g/mol. The van der Waals surface area contributed by atoms with Crippen LogP contribution in [-0.4, -0.2) is 268 Å². The summed E-state index contributed by atoms with van der Waals surface area (Å²) in [5, 5.41) is 17.8. The highest BCUT2D eigenvalue weighted by Gasteiger charge is 2.47. The summed E-state index contributed by atoms with van der Waals surface area (Å²) in [6.45, 7) is 8.47. The highest BCUT2D eigenvalue weighted by atomic mass is 79.9. The van der Waals surface area contributed by atoms with E-state index in [0.717, 1.165) is 25.8 Å². The zero-order chi connectivity index (χ0) is 84.2. The number of alkyl halides is 7. The van der Waals surface area contributed by atoms with Gasteiger partial charge in [0.15, 0.2) is 27.5 Å². The van der Waals surface area contributed by atoms with Gasteiger partial charge < -0.3 is 67.0 Å². The number of aliphatic imine (C=N–C) groups is 4. The molecule has 119 heavy (non-hydrogen) atoms. The van der Waals surface area contributed by atoms with E-state index in [4.69, 9.17) is 59.0 Å². The minimum absolute atomic E-state index is 0. The van der Waals surface area contributed by atoms with Gasteiger partial charge in [-0.15, -0.1) is 22.7 Å². The Morgan fingerprint density at radius 1 is 0.529 bits per heavy atom. The molecule has 638 valence electrons. The van der Waals surface area contributed by atoms with Gasteiger partial charge in [-0.05, 0) is 58.2 Å². The number of ether oxygens (including phenoxy) is 3. The van der Waals surface area contributed by atoms with Crippen LogP contribution in [0.15, 0.2) is 138 Å². The van der Waals surface area contributed by atoms with Gasteiger partial charge in [-0.1, -0.05) is 87.1 Å². The van der Waals surface area contributed by atoms with Crippen molar-refractivity contribution < 1.29 is 82.5 Å².